The minimum absolute atomic E-state index is 1.03. The van der Waals surface area contributed by atoms with E-state index >= 15 is 0 Å². The van der Waals surface area contributed by atoms with Crippen molar-refractivity contribution in [3.63, 3.8) is 0 Å². The van der Waals surface area contributed by atoms with Gasteiger partial charge < -0.3 is 5.32 Å². The average molecular weight is 320 g/mol. The summed E-state index contributed by atoms with van der Waals surface area (Å²) in [6.07, 6.45) is 9.39. The molecule has 0 spiro atoms. The van der Waals surface area contributed by atoms with Crippen LogP contribution in [0.5, 0.6) is 0 Å². The summed E-state index contributed by atoms with van der Waals surface area (Å²) in [4.78, 5) is 4.78. The standard InChI is InChI=1S/C22H28N2/c1-2-3-4-5-6-7-12-17-23-22-18-13-8-10-15-20(18)24-21-16-11-9-14-19(21)22/h8-11,13-16H,2-7,12,17H2,1H3,(H,23,24). The number of benzene rings is 2. The first-order valence-electron chi connectivity index (χ1n) is 9.41. The Morgan fingerprint density at radius 1 is 0.708 bits per heavy atom. The van der Waals surface area contributed by atoms with E-state index in [9.17, 15) is 0 Å². The normalized spacial score (nSPS) is 11.2. The van der Waals surface area contributed by atoms with Gasteiger partial charge >= 0.3 is 0 Å². The van der Waals surface area contributed by atoms with Crippen LogP contribution in [0.15, 0.2) is 48.5 Å². The van der Waals surface area contributed by atoms with Gasteiger partial charge in [0.15, 0.2) is 0 Å². The van der Waals surface area contributed by atoms with Crippen LogP contribution in [0.3, 0.4) is 0 Å². The number of hydrogen-bond donors (Lipinski definition) is 1. The number of rotatable bonds is 9. The molecule has 0 aliphatic rings. The van der Waals surface area contributed by atoms with E-state index in [1.54, 1.807) is 0 Å². The summed E-state index contributed by atoms with van der Waals surface area (Å²) in [5.41, 5.74) is 3.37. The number of para-hydroxylation sites is 2. The molecule has 0 unspecified atom stereocenters. The molecule has 0 radical (unpaired) electrons. The lowest BCUT2D eigenvalue weighted by Gasteiger charge is -2.13. The quantitative estimate of drug-likeness (QED) is 0.357. The van der Waals surface area contributed by atoms with Crippen molar-refractivity contribution in [1.82, 2.24) is 4.98 Å². The van der Waals surface area contributed by atoms with Gasteiger partial charge in [0, 0.05) is 17.3 Å². The molecule has 2 aromatic carbocycles. The van der Waals surface area contributed by atoms with Gasteiger partial charge in [0.2, 0.25) is 0 Å². The van der Waals surface area contributed by atoms with Gasteiger partial charge in [-0.2, -0.15) is 0 Å². The van der Waals surface area contributed by atoms with Crippen LogP contribution in [0, 0.1) is 0 Å². The van der Waals surface area contributed by atoms with Crippen molar-refractivity contribution in [2.45, 2.75) is 51.9 Å². The summed E-state index contributed by atoms with van der Waals surface area (Å²) in [5, 5.41) is 6.14. The molecular formula is C22H28N2. The molecule has 1 aromatic heterocycles. The summed E-state index contributed by atoms with van der Waals surface area (Å²) in [6, 6.07) is 16.8. The zero-order chi connectivity index (χ0) is 16.6. The first-order chi connectivity index (χ1) is 11.9. The number of aromatic nitrogens is 1. The Morgan fingerprint density at radius 2 is 1.25 bits per heavy atom. The fourth-order valence-electron chi connectivity index (χ4n) is 3.33. The second-order valence-electron chi connectivity index (χ2n) is 6.57. The molecule has 126 valence electrons. The Morgan fingerprint density at radius 3 is 1.88 bits per heavy atom. The predicted octanol–water partition coefficient (Wildman–Crippen LogP) is 6.55. The largest absolute Gasteiger partial charge is 0.384 e. The smallest absolute Gasteiger partial charge is 0.0730 e. The van der Waals surface area contributed by atoms with E-state index < -0.39 is 0 Å². The SMILES string of the molecule is CCCCCCCCCNc1c2ccccc2nc2ccccc12. The highest BCUT2D eigenvalue weighted by Gasteiger charge is 2.07. The fourth-order valence-corrected chi connectivity index (χ4v) is 3.33. The van der Waals surface area contributed by atoms with Crippen molar-refractivity contribution >= 4 is 27.5 Å². The Hall–Kier alpha value is -2.09. The van der Waals surface area contributed by atoms with Gasteiger partial charge in [-0.05, 0) is 18.6 Å². The van der Waals surface area contributed by atoms with Crippen LogP contribution in [-0.4, -0.2) is 11.5 Å². The van der Waals surface area contributed by atoms with Crippen molar-refractivity contribution in [3.8, 4) is 0 Å². The topological polar surface area (TPSA) is 24.9 Å². The molecular weight excluding hydrogens is 292 g/mol. The van der Waals surface area contributed by atoms with Crippen molar-refractivity contribution in [2.75, 3.05) is 11.9 Å². The molecule has 0 saturated heterocycles. The minimum atomic E-state index is 1.03. The number of pyridine rings is 1. The number of fused-ring (bicyclic) bond motifs is 2. The molecule has 2 heteroatoms. The van der Waals surface area contributed by atoms with Crippen LogP contribution in [-0.2, 0) is 0 Å². The molecule has 0 bridgehead atoms. The maximum Gasteiger partial charge on any atom is 0.0730 e. The maximum absolute atomic E-state index is 4.78. The maximum atomic E-state index is 4.78. The van der Waals surface area contributed by atoms with Crippen LogP contribution in [0.2, 0.25) is 0 Å². The second-order valence-corrected chi connectivity index (χ2v) is 6.57. The van der Waals surface area contributed by atoms with Crippen LogP contribution in [0.4, 0.5) is 5.69 Å². The molecule has 0 fully saturated rings. The van der Waals surface area contributed by atoms with Gasteiger partial charge in [-0.1, -0.05) is 81.8 Å². The van der Waals surface area contributed by atoms with E-state index in [0.29, 0.717) is 0 Å². The Bertz CT molecular complexity index is 725. The lowest BCUT2D eigenvalue weighted by Crippen LogP contribution is -2.03. The van der Waals surface area contributed by atoms with Crippen LogP contribution < -0.4 is 5.32 Å². The number of nitrogens with one attached hydrogen (secondary N) is 1. The van der Waals surface area contributed by atoms with Gasteiger partial charge in [0.1, 0.15) is 0 Å². The van der Waals surface area contributed by atoms with Crippen molar-refractivity contribution in [2.24, 2.45) is 0 Å². The van der Waals surface area contributed by atoms with E-state index in [4.69, 9.17) is 4.98 Å². The van der Waals surface area contributed by atoms with Crippen LogP contribution >= 0.6 is 0 Å². The number of anilines is 1. The van der Waals surface area contributed by atoms with Crippen molar-refractivity contribution in [1.29, 1.82) is 0 Å². The van der Waals surface area contributed by atoms with E-state index in [2.05, 4.69) is 60.8 Å². The average Bonchev–Trinajstić information content (AvgIpc) is 2.63. The molecule has 3 rings (SSSR count). The zero-order valence-electron chi connectivity index (χ0n) is 14.7. The highest BCUT2D eigenvalue weighted by atomic mass is 14.9. The summed E-state index contributed by atoms with van der Waals surface area (Å²) >= 11 is 0. The van der Waals surface area contributed by atoms with Gasteiger partial charge in [-0.15, -0.1) is 0 Å². The summed E-state index contributed by atoms with van der Waals surface area (Å²) in [6.45, 7) is 3.30. The highest BCUT2D eigenvalue weighted by molar-refractivity contribution is 6.07. The lowest BCUT2D eigenvalue weighted by molar-refractivity contribution is 0.596. The Balaban J connectivity index is 1.66. The van der Waals surface area contributed by atoms with Gasteiger partial charge in [0.25, 0.3) is 0 Å². The third-order valence-electron chi connectivity index (χ3n) is 4.67. The van der Waals surface area contributed by atoms with Crippen LogP contribution in [0.1, 0.15) is 51.9 Å². The minimum Gasteiger partial charge on any atom is -0.384 e. The first-order valence-corrected chi connectivity index (χ1v) is 9.41. The molecule has 0 atom stereocenters. The molecule has 3 aromatic rings. The van der Waals surface area contributed by atoms with E-state index in [1.165, 1.54) is 61.4 Å². The molecule has 2 nitrogen and oxygen atoms in total. The zero-order valence-corrected chi connectivity index (χ0v) is 14.7. The van der Waals surface area contributed by atoms with E-state index in [0.717, 1.165) is 17.6 Å². The monoisotopic (exact) mass is 320 g/mol. The fraction of sp³-hybridized carbons (Fsp3) is 0.409. The van der Waals surface area contributed by atoms with Gasteiger partial charge in [0.05, 0.1) is 16.7 Å². The van der Waals surface area contributed by atoms with Gasteiger partial charge in [-0.25, -0.2) is 4.98 Å². The van der Waals surface area contributed by atoms with Gasteiger partial charge in [-0.3, -0.25) is 0 Å². The predicted molar refractivity (Wildman–Crippen MR) is 106 cm³/mol. The number of nitrogens with zero attached hydrogens (tertiary/aromatic N) is 1. The third kappa shape index (κ3) is 4.05. The highest BCUT2D eigenvalue weighted by Crippen LogP contribution is 2.30. The van der Waals surface area contributed by atoms with Crippen LogP contribution in [0.25, 0.3) is 21.8 Å². The van der Waals surface area contributed by atoms with Crippen molar-refractivity contribution in [3.05, 3.63) is 48.5 Å². The van der Waals surface area contributed by atoms with E-state index in [-0.39, 0.29) is 0 Å². The Labute approximate surface area is 145 Å². The lowest BCUT2D eigenvalue weighted by atomic mass is 10.1. The second kappa shape index (κ2) is 8.68. The molecule has 0 saturated carbocycles. The first kappa shape index (κ1) is 16.8. The Kier molecular flexibility index (Phi) is 6.06. The molecule has 0 amide bonds. The molecule has 1 N–H and O–H groups in total. The summed E-state index contributed by atoms with van der Waals surface area (Å²) in [5.74, 6) is 0. The third-order valence-corrected chi connectivity index (χ3v) is 4.67. The summed E-state index contributed by atoms with van der Waals surface area (Å²) in [7, 11) is 0. The molecule has 1 heterocycles. The van der Waals surface area contributed by atoms with Crippen molar-refractivity contribution < 1.29 is 0 Å². The number of unbranched alkanes of at least 4 members (excludes halogenated alkanes) is 6. The number of hydrogen-bond acceptors (Lipinski definition) is 2. The van der Waals surface area contributed by atoms with E-state index in [1.807, 2.05) is 0 Å². The summed E-state index contributed by atoms with van der Waals surface area (Å²) < 4.78 is 0. The molecule has 0 aliphatic heterocycles. The molecule has 24 heavy (non-hydrogen) atoms. The molecule has 0 aliphatic carbocycles.